The zero-order valence-corrected chi connectivity index (χ0v) is 6.23. The molecule has 0 aliphatic heterocycles. The van der Waals surface area contributed by atoms with Crippen LogP contribution in [0.15, 0.2) is 0 Å². The molecule has 0 radical (unpaired) electrons. The van der Waals surface area contributed by atoms with Crippen molar-refractivity contribution in [2.75, 3.05) is 5.75 Å². The summed E-state index contributed by atoms with van der Waals surface area (Å²) in [5.41, 5.74) is 8.65. The number of carbonyl (C=O) groups is 1. The highest BCUT2D eigenvalue weighted by Crippen LogP contribution is 1.92. The highest BCUT2D eigenvalue weighted by molar-refractivity contribution is 7.80. The summed E-state index contributed by atoms with van der Waals surface area (Å²) in [6, 6.07) is 0.251. The van der Waals surface area contributed by atoms with Crippen LogP contribution in [0.1, 0.15) is 12.8 Å². The van der Waals surface area contributed by atoms with Crippen molar-refractivity contribution in [3.8, 4) is 0 Å². The molecule has 0 fully saturated rings. The Hall–Kier alpha value is -0.220. The number of carbonyl (C=O) groups excluding carboxylic acids is 1. The summed E-state index contributed by atoms with van der Waals surface area (Å²) in [7, 11) is 0. The predicted octanol–water partition coefficient (Wildman–Crippen LogP) is -1.21. The molecule has 9 heavy (non-hydrogen) atoms. The van der Waals surface area contributed by atoms with Crippen LogP contribution in [0.4, 0.5) is 0 Å². The van der Waals surface area contributed by atoms with Crippen molar-refractivity contribution in [1.82, 2.24) is 0 Å². The van der Waals surface area contributed by atoms with Crippen LogP contribution < -0.4 is 11.5 Å². The van der Waals surface area contributed by atoms with Crippen molar-refractivity contribution in [2.24, 2.45) is 5.73 Å². The van der Waals surface area contributed by atoms with E-state index in [4.69, 9.17) is 5.73 Å². The van der Waals surface area contributed by atoms with E-state index in [1.807, 2.05) is 0 Å². The quantitative estimate of drug-likeness (QED) is 0.431. The molecule has 0 aliphatic rings. The smallest absolute Gasteiger partial charge is 0.217 e. The number of rotatable bonds is 4. The van der Waals surface area contributed by atoms with Crippen LogP contribution in [0.3, 0.4) is 0 Å². The third kappa shape index (κ3) is 5.65. The van der Waals surface area contributed by atoms with Crippen molar-refractivity contribution < 1.29 is 10.5 Å². The number of primary amides is 1. The van der Waals surface area contributed by atoms with Gasteiger partial charge < -0.3 is 11.5 Å². The lowest BCUT2D eigenvalue weighted by Crippen LogP contribution is -2.62. The molecule has 1 amide bonds. The standard InChI is InChI=1S/C5H12N2OS/c6-4(3-9)1-2-5(7)8/h4,9H,1-3,6H2,(H2,7,8)/p+1/t4-/m1/s1. The SMILES string of the molecule is NC(=O)CC[C@@H]([NH3+])CS. The molecule has 0 spiro atoms. The van der Waals surface area contributed by atoms with Crippen LogP contribution in [-0.4, -0.2) is 17.7 Å². The Kier molecular flexibility index (Phi) is 4.53. The lowest BCUT2D eigenvalue weighted by Gasteiger charge is -2.00. The summed E-state index contributed by atoms with van der Waals surface area (Å²) in [6.45, 7) is 0. The maximum Gasteiger partial charge on any atom is 0.217 e. The second kappa shape index (κ2) is 4.64. The van der Waals surface area contributed by atoms with Crippen LogP contribution in [-0.2, 0) is 4.79 Å². The Morgan fingerprint density at radius 1 is 1.78 bits per heavy atom. The molecule has 0 saturated heterocycles. The summed E-state index contributed by atoms with van der Waals surface area (Å²) in [5, 5.41) is 0. The van der Waals surface area contributed by atoms with Crippen molar-refractivity contribution in [3.05, 3.63) is 0 Å². The fraction of sp³-hybridized carbons (Fsp3) is 0.800. The largest absolute Gasteiger partial charge is 0.370 e. The molecule has 0 aromatic carbocycles. The molecule has 0 rings (SSSR count). The lowest BCUT2D eigenvalue weighted by atomic mass is 10.2. The molecule has 0 aliphatic carbocycles. The van der Waals surface area contributed by atoms with Crippen LogP contribution in [0.25, 0.3) is 0 Å². The first-order chi connectivity index (χ1) is 4.16. The number of thiol groups is 1. The molecule has 0 aromatic heterocycles. The Bertz CT molecular complexity index is 97.0. The van der Waals surface area contributed by atoms with Crippen molar-refractivity contribution in [3.63, 3.8) is 0 Å². The minimum Gasteiger partial charge on any atom is -0.370 e. The molecular weight excluding hydrogens is 136 g/mol. The third-order valence-corrected chi connectivity index (χ3v) is 1.57. The monoisotopic (exact) mass is 149 g/mol. The molecule has 0 saturated carbocycles. The molecular formula is C5H13N2OS+. The van der Waals surface area contributed by atoms with Crippen molar-refractivity contribution >= 4 is 18.5 Å². The summed E-state index contributed by atoms with van der Waals surface area (Å²) in [5.74, 6) is 0.457. The summed E-state index contributed by atoms with van der Waals surface area (Å²) in [4.78, 5) is 10.2. The van der Waals surface area contributed by atoms with E-state index in [1.54, 1.807) is 0 Å². The van der Waals surface area contributed by atoms with Gasteiger partial charge in [0.05, 0.1) is 6.04 Å². The predicted molar refractivity (Wildman–Crippen MR) is 39.0 cm³/mol. The van der Waals surface area contributed by atoms with Gasteiger partial charge in [0.1, 0.15) is 0 Å². The van der Waals surface area contributed by atoms with E-state index in [-0.39, 0.29) is 11.9 Å². The topological polar surface area (TPSA) is 70.7 Å². The highest BCUT2D eigenvalue weighted by Gasteiger charge is 2.04. The van der Waals surface area contributed by atoms with E-state index in [9.17, 15) is 4.79 Å². The zero-order valence-electron chi connectivity index (χ0n) is 5.34. The number of quaternary nitrogens is 1. The Balaban J connectivity index is 3.16. The van der Waals surface area contributed by atoms with E-state index in [1.165, 1.54) is 0 Å². The Labute approximate surface area is 60.2 Å². The van der Waals surface area contributed by atoms with Gasteiger partial charge in [-0.25, -0.2) is 0 Å². The first-order valence-corrected chi connectivity index (χ1v) is 3.52. The minimum absolute atomic E-state index is 0.251. The summed E-state index contributed by atoms with van der Waals surface area (Å²) < 4.78 is 0. The minimum atomic E-state index is -0.259. The maximum atomic E-state index is 10.2. The Morgan fingerprint density at radius 2 is 2.33 bits per heavy atom. The van der Waals surface area contributed by atoms with Gasteiger partial charge in [-0.3, -0.25) is 4.79 Å². The van der Waals surface area contributed by atoms with Crippen LogP contribution in [0.2, 0.25) is 0 Å². The fourth-order valence-electron chi connectivity index (χ4n) is 0.438. The molecule has 4 heteroatoms. The van der Waals surface area contributed by atoms with Gasteiger partial charge in [0.2, 0.25) is 5.91 Å². The van der Waals surface area contributed by atoms with Gasteiger partial charge in [-0.05, 0) is 0 Å². The van der Waals surface area contributed by atoms with E-state index in [2.05, 4.69) is 18.4 Å². The van der Waals surface area contributed by atoms with Gasteiger partial charge >= 0.3 is 0 Å². The number of hydrogen-bond acceptors (Lipinski definition) is 2. The fourth-order valence-corrected chi connectivity index (χ4v) is 0.620. The molecule has 0 bridgehead atoms. The van der Waals surface area contributed by atoms with E-state index >= 15 is 0 Å². The first kappa shape index (κ1) is 8.78. The molecule has 0 aromatic rings. The number of nitrogens with two attached hydrogens (primary N) is 1. The Morgan fingerprint density at radius 3 is 2.67 bits per heavy atom. The molecule has 0 heterocycles. The molecule has 54 valence electrons. The zero-order chi connectivity index (χ0) is 7.28. The number of hydrogen-bond donors (Lipinski definition) is 3. The summed E-state index contributed by atoms with van der Waals surface area (Å²) >= 11 is 4.00. The van der Waals surface area contributed by atoms with Crippen LogP contribution in [0, 0.1) is 0 Å². The summed E-state index contributed by atoms with van der Waals surface area (Å²) in [6.07, 6.45) is 1.17. The van der Waals surface area contributed by atoms with E-state index in [0.29, 0.717) is 12.2 Å². The molecule has 1 atom stereocenters. The maximum absolute atomic E-state index is 10.2. The lowest BCUT2D eigenvalue weighted by molar-refractivity contribution is -0.413. The normalized spacial score (nSPS) is 13.1. The average Bonchev–Trinajstić information content (AvgIpc) is 1.83. The third-order valence-electron chi connectivity index (χ3n) is 1.06. The van der Waals surface area contributed by atoms with Gasteiger partial charge in [-0.1, -0.05) is 0 Å². The van der Waals surface area contributed by atoms with Gasteiger partial charge in [0.25, 0.3) is 0 Å². The highest BCUT2D eigenvalue weighted by atomic mass is 32.1. The van der Waals surface area contributed by atoms with Gasteiger partial charge in [-0.2, -0.15) is 12.6 Å². The van der Waals surface area contributed by atoms with Crippen LogP contribution in [0.5, 0.6) is 0 Å². The van der Waals surface area contributed by atoms with Gasteiger partial charge in [-0.15, -0.1) is 0 Å². The first-order valence-electron chi connectivity index (χ1n) is 2.89. The van der Waals surface area contributed by atoms with Gasteiger partial charge in [0.15, 0.2) is 0 Å². The second-order valence-electron chi connectivity index (χ2n) is 2.05. The molecule has 0 unspecified atom stereocenters. The van der Waals surface area contributed by atoms with E-state index < -0.39 is 0 Å². The van der Waals surface area contributed by atoms with Crippen LogP contribution >= 0.6 is 12.6 Å². The van der Waals surface area contributed by atoms with Crippen molar-refractivity contribution in [2.45, 2.75) is 18.9 Å². The molecule has 5 N–H and O–H groups in total. The average molecular weight is 149 g/mol. The second-order valence-corrected chi connectivity index (χ2v) is 2.42. The number of amides is 1. The van der Waals surface area contributed by atoms with E-state index in [0.717, 1.165) is 6.42 Å². The molecule has 3 nitrogen and oxygen atoms in total. The van der Waals surface area contributed by atoms with Gasteiger partial charge in [0, 0.05) is 18.6 Å². The van der Waals surface area contributed by atoms with Crippen molar-refractivity contribution in [1.29, 1.82) is 0 Å².